The number of furan rings is 1. The van der Waals surface area contributed by atoms with Crippen LogP contribution in [-0.2, 0) is 0 Å². The predicted octanol–water partition coefficient (Wildman–Crippen LogP) is 7.11. The zero-order valence-electron chi connectivity index (χ0n) is 26.9. The van der Waals surface area contributed by atoms with Crippen molar-refractivity contribution in [1.82, 2.24) is 29.4 Å². The lowest BCUT2D eigenvalue weighted by Crippen LogP contribution is -2.58. The second-order valence-corrected chi connectivity index (χ2v) is 12.9. The summed E-state index contributed by atoms with van der Waals surface area (Å²) in [5.41, 5.74) is 2.24. The Morgan fingerprint density at radius 2 is 1.68 bits per heavy atom. The summed E-state index contributed by atoms with van der Waals surface area (Å²) in [4.78, 5) is 48.9. The highest BCUT2D eigenvalue weighted by atomic mass is 35.5. The van der Waals surface area contributed by atoms with Gasteiger partial charge in [-0.05, 0) is 49.9 Å². The first-order valence-electron chi connectivity index (χ1n) is 15.5. The number of pyridine rings is 1. The molecule has 1 amide bonds. The zero-order chi connectivity index (χ0) is 33.7. The van der Waals surface area contributed by atoms with E-state index in [-0.39, 0.29) is 58.9 Å². The summed E-state index contributed by atoms with van der Waals surface area (Å²) in [6.07, 6.45) is 2.10. The van der Waals surface area contributed by atoms with Crippen molar-refractivity contribution < 1.29 is 18.7 Å². The minimum absolute atomic E-state index is 0.152. The van der Waals surface area contributed by atoms with Crippen molar-refractivity contribution in [2.45, 2.75) is 65.5 Å². The van der Waals surface area contributed by atoms with Gasteiger partial charge in [-0.2, -0.15) is 4.98 Å². The molecule has 0 bridgehead atoms. The van der Waals surface area contributed by atoms with Crippen LogP contribution in [0.5, 0.6) is 0 Å². The maximum Gasteiger partial charge on any atom is 0.407 e. The van der Waals surface area contributed by atoms with Crippen molar-refractivity contribution >= 4 is 34.5 Å². The molecule has 4 aromatic heterocycles. The Hall–Kier alpha value is -4.84. The monoisotopic (exact) mass is 659 g/mol. The van der Waals surface area contributed by atoms with Gasteiger partial charge >= 0.3 is 11.8 Å². The number of hydrogen-bond acceptors (Lipinski definition) is 8. The molecule has 1 aromatic carbocycles. The first-order valence-corrected chi connectivity index (χ1v) is 15.8. The van der Waals surface area contributed by atoms with Gasteiger partial charge in [0, 0.05) is 30.7 Å². The van der Waals surface area contributed by atoms with Gasteiger partial charge < -0.3 is 19.3 Å². The summed E-state index contributed by atoms with van der Waals surface area (Å²) in [5.74, 6) is -0.0513. The highest BCUT2D eigenvalue weighted by Gasteiger charge is 2.35. The van der Waals surface area contributed by atoms with Crippen molar-refractivity contribution in [1.29, 1.82) is 0 Å². The fourth-order valence-corrected chi connectivity index (χ4v) is 6.35. The van der Waals surface area contributed by atoms with Crippen LogP contribution in [0.1, 0.15) is 64.8 Å². The van der Waals surface area contributed by atoms with E-state index in [1.54, 1.807) is 49.8 Å². The fourth-order valence-electron chi connectivity index (χ4n) is 6.10. The van der Waals surface area contributed by atoms with Crippen molar-refractivity contribution in [2.75, 3.05) is 18.0 Å². The summed E-state index contributed by atoms with van der Waals surface area (Å²) < 4.78 is 21.9. The lowest BCUT2D eigenvalue weighted by molar-refractivity contribution is 0.114. The molecule has 47 heavy (non-hydrogen) atoms. The van der Waals surface area contributed by atoms with Gasteiger partial charge in [-0.3, -0.25) is 0 Å². The molecule has 1 aliphatic heterocycles. The molecule has 0 radical (unpaired) electrons. The highest BCUT2D eigenvalue weighted by molar-refractivity contribution is 6.33. The third-order valence-electron chi connectivity index (χ3n) is 8.47. The molecule has 1 saturated heterocycles. The topological polar surface area (TPSA) is 130 Å². The normalized spacial score (nSPS) is 16.9. The molecule has 5 heterocycles. The summed E-state index contributed by atoms with van der Waals surface area (Å²) in [7, 11) is 0. The molecule has 13 heteroatoms. The minimum atomic E-state index is -1.02. The van der Waals surface area contributed by atoms with Crippen molar-refractivity contribution in [3.63, 3.8) is 0 Å². The molecular weight excluding hydrogens is 625 g/mol. The highest BCUT2D eigenvalue weighted by Crippen LogP contribution is 2.38. The van der Waals surface area contributed by atoms with Crippen molar-refractivity contribution in [3.05, 3.63) is 81.6 Å². The first kappa shape index (κ1) is 32.1. The molecule has 11 nitrogen and oxygen atoms in total. The van der Waals surface area contributed by atoms with E-state index in [4.69, 9.17) is 31.0 Å². The number of rotatable bonds is 6. The maximum absolute atomic E-state index is 15.2. The number of hydrogen-bond donors (Lipinski definition) is 1. The Balaban J connectivity index is 1.70. The molecule has 0 spiro atoms. The van der Waals surface area contributed by atoms with Crippen LogP contribution >= 0.6 is 11.6 Å². The molecule has 0 saturated carbocycles. The molecule has 1 aliphatic rings. The van der Waals surface area contributed by atoms with E-state index in [0.29, 0.717) is 39.7 Å². The summed E-state index contributed by atoms with van der Waals surface area (Å²) in [5, 5.41) is 10.4. The Morgan fingerprint density at radius 1 is 1.00 bits per heavy atom. The second-order valence-electron chi connectivity index (χ2n) is 12.5. The first-order chi connectivity index (χ1) is 22.4. The molecular formula is C34H35ClFN7O4. The Bertz CT molecular complexity index is 2020. The van der Waals surface area contributed by atoms with E-state index < -0.39 is 17.6 Å². The van der Waals surface area contributed by atoms with E-state index in [2.05, 4.69) is 4.98 Å². The van der Waals surface area contributed by atoms with Gasteiger partial charge in [0.25, 0.3) is 0 Å². The average Bonchev–Trinajstić information content (AvgIpc) is 3.57. The molecule has 6 rings (SSSR count). The lowest BCUT2D eigenvalue weighted by Gasteiger charge is -2.43. The van der Waals surface area contributed by atoms with E-state index in [1.165, 1.54) is 15.5 Å². The fraction of sp³-hybridized carbons (Fsp3) is 0.353. The summed E-state index contributed by atoms with van der Waals surface area (Å²) in [6, 6.07) is 8.88. The van der Waals surface area contributed by atoms with Crippen molar-refractivity contribution in [2.24, 2.45) is 0 Å². The van der Waals surface area contributed by atoms with Gasteiger partial charge in [0.1, 0.15) is 17.9 Å². The molecule has 1 fully saturated rings. The number of halogens is 2. The molecule has 0 unspecified atom stereocenters. The van der Waals surface area contributed by atoms with Crippen LogP contribution in [0, 0.1) is 5.82 Å². The number of nitrogens with zero attached hydrogens (tertiary/aromatic N) is 7. The number of carbonyl (C=O) groups is 1. The standard InChI is InChI=1S/C34H35ClFN7O4/c1-17(2)26-29(27(18(3)4)38-30(37-26)21-11-12-47-16-21)43-32-23(13-24(35)28(39-32)22-9-7-8-10-25(22)36)31(40-33(43)44)41-14-20(6)42(34(45)46)15-19(41)5/h7-13,16-20H,14-15H2,1-6H3,(H,45,46)/t19-,20+/m0/s1. The molecule has 1 N–H and O–H groups in total. The van der Waals surface area contributed by atoms with E-state index >= 15 is 4.39 Å². The van der Waals surface area contributed by atoms with Gasteiger partial charge in [0.05, 0.1) is 45.0 Å². The Labute approximate surface area is 275 Å². The van der Waals surface area contributed by atoms with Crippen LogP contribution in [0.3, 0.4) is 0 Å². The molecule has 5 aromatic rings. The lowest BCUT2D eigenvalue weighted by atomic mass is 10.0. The smallest absolute Gasteiger partial charge is 0.407 e. The number of carboxylic acid groups (broad SMARTS) is 1. The summed E-state index contributed by atoms with van der Waals surface area (Å²) in [6.45, 7) is 12.1. The van der Waals surface area contributed by atoms with Crippen molar-refractivity contribution in [3.8, 4) is 28.3 Å². The van der Waals surface area contributed by atoms with Gasteiger partial charge in [-0.1, -0.05) is 51.4 Å². The van der Waals surface area contributed by atoms with Gasteiger partial charge in [-0.25, -0.2) is 33.5 Å². The van der Waals surface area contributed by atoms with E-state index in [9.17, 15) is 14.7 Å². The minimum Gasteiger partial charge on any atom is -0.472 e. The van der Waals surface area contributed by atoms with Crippen LogP contribution in [0.4, 0.5) is 15.0 Å². The van der Waals surface area contributed by atoms with Gasteiger partial charge in [0.15, 0.2) is 11.5 Å². The van der Waals surface area contributed by atoms with Crippen LogP contribution in [0.15, 0.2) is 58.1 Å². The number of piperazine rings is 1. The van der Waals surface area contributed by atoms with Gasteiger partial charge in [0.2, 0.25) is 0 Å². The van der Waals surface area contributed by atoms with Gasteiger partial charge in [-0.15, -0.1) is 0 Å². The van der Waals surface area contributed by atoms with Crippen LogP contribution in [0.25, 0.3) is 39.4 Å². The zero-order valence-corrected chi connectivity index (χ0v) is 27.7. The SMILES string of the molecule is CC(C)c1nc(-c2ccoc2)nc(C(C)C)c1-n1c(=O)nc(N2C[C@@H](C)N(C(=O)O)C[C@@H]2C)c2cc(Cl)c(-c3ccccc3F)nc21. The van der Waals surface area contributed by atoms with E-state index in [1.807, 2.05) is 39.5 Å². The largest absolute Gasteiger partial charge is 0.472 e. The quantitative estimate of drug-likeness (QED) is 0.203. The van der Waals surface area contributed by atoms with E-state index in [0.717, 1.165) is 0 Å². The number of benzene rings is 1. The molecule has 244 valence electrons. The summed E-state index contributed by atoms with van der Waals surface area (Å²) >= 11 is 6.85. The van der Waals surface area contributed by atoms with Crippen LogP contribution in [0.2, 0.25) is 5.02 Å². The Kier molecular flexibility index (Phi) is 8.47. The molecule has 0 aliphatic carbocycles. The second kappa shape index (κ2) is 12.4. The number of aromatic nitrogens is 5. The maximum atomic E-state index is 15.2. The third-order valence-corrected chi connectivity index (χ3v) is 8.76. The number of amides is 1. The Morgan fingerprint density at radius 3 is 2.28 bits per heavy atom. The third kappa shape index (κ3) is 5.71. The number of anilines is 1. The number of fused-ring (bicyclic) bond motifs is 1. The van der Waals surface area contributed by atoms with Crippen LogP contribution in [-0.4, -0.2) is 65.8 Å². The predicted molar refractivity (Wildman–Crippen MR) is 178 cm³/mol. The average molecular weight is 660 g/mol. The molecule has 2 atom stereocenters. The van der Waals surface area contributed by atoms with Crippen LogP contribution < -0.4 is 10.6 Å².